The summed E-state index contributed by atoms with van der Waals surface area (Å²) < 4.78 is 0. The highest BCUT2D eigenvalue weighted by Gasteiger charge is 2.11. The van der Waals surface area contributed by atoms with E-state index in [4.69, 9.17) is 0 Å². The Morgan fingerprint density at radius 1 is 1.33 bits per heavy atom. The molecule has 18 heavy (non-hydrogen) atoms. The van der Waals surface area contributed by atoms with Crippen molar-refractivity contribution in [1.29, 1.82) is 0 Å². The molecule has 1 heterocycles. The molecule has 0 saturated carbocycles. The van der Waals surface area contributed by atoms with Crippen molar-refractivity contribution in [1.82, 2.24) is 10.2 Å². The van der Waals surface area contributed by atoms with E-state index in [1.165, 1.54) is 23.8 Å². The maximum absolute atomic E-state index is 10.9. The normalized spacial score (nSPS) is 12.1. The summed E-state index contributed by atoms with van der Waals surface area (Å²) in [4.78, 5) is 10.9. The second-order valence-electron chi connectivity index (χ2n) is 4.20. The first-order valence-corrected chi connectivity index (χ1v) is 6.61. The smallest absolute Gasteiger partial charge is 0.223 e. The summed E-state index contributed by atoms with van der Waals surface area (Å²) in [6.45, 7) is 3.63. The molecule has 1 aromatic heterocycles. The third kappa shape index (κ3) is 3.37. The fraction of sp³-hybridized carbons (Fsp3) is 0.308. The van der Waals surface area contributed by atoms with Crippen LogP contribution in [0.15, 0.2) is 30.3 Å². The van der Waals surface area contributed by atoms with Crippen molar-refractivity contribution in [2.24, 2.45) is 0 Å². The van der Waals surface area contributed by atoms with Crippen LogP contribution >= 0.6 is 11.3 Å². The third-order valence-corrected chi connectivity index (χ3v) is 3.46. The van der Waals surface area contributed by atoms with Crippen LogP contribution in [0.3, 0.4) is 0 Å². The van der Waals surface area contributed by atoms with Gasteiger partial charge in [0.1, 0.15) is 5.01 Å². The number of nitrogens with one attached hydrogen (secondary N) is 1. The van der Waals surface area contributed by atoms with Crippen LogP contribution < -0.4 is 5.32 Å². The summed E-state index contributed by atoms with van der Waals surface area (Å²) in [5.74, 6) is 0.276. The highest BCUT2D eigenvalue weighted by Crippen LogP contribution is 2.23. The fourth-order valence-corrected chi connectivity index (χ4v) is 2.61. The van der Waals surface area contributed by atoms with E-state index in [-0.39, 0.29) is 5.91 Å². The van der Waals surface area contributed by atoms with Gasteiger partial charge in [-0.25, -0.2) is 0 Å². The first kappa shape index (κ1) is 12.7. The van der Waals surface area contributed by atoms with E-state index >= 15 is 0 Å². The fourth-order valence-electron chi connectivity index (χ4n) is 1.70. The molecule has 0 aliphatic carbocycles. The molecule has 0 spiro atoms. The van der Waals surface area contributed by atoms with Crippen LogP contribution in [0, 0.1) is 0 Å². The molecule has 2 aromatic rings. The molecule has 1 amide bonds. The molecule has 0 radical (unpaired) electrons. The zero-order chi connectivity index (χ0) is 13.0. The Balaban J connectivity index is 2.01. The van der Waals surface area contributed by atoms with Gasteiger partial charge in [-0.3, -0.25) is 4.79 Å². The molecule has 94 valence electrons. The zero-order valence-electron chi connectivity index (χ0n) is 10.4. The molecule has 4 nitrogen and oxygen atoms in total. The van der Waals surface area contributed by atoms with Crippen molar-refractivity contribution in [3.63, 3.8) is 0 Å². The second kappa shape index (κ2) is 5.73. The van der Waals surface area contributed by atoms with Crippen molar-refractivity contribution >= 4 is 22.4 Å². The standard InChI is InChI=1S/C13H15N3OS/c1-9(11-6-4-3-5-7-11)8-12-15-16-13(18-12)14-10(2)17/h3-7,9H,8H2,1-2H3,(H,14,16,17). The molecule has 1 aromatic carbocycles. The first-order chi connectivity index (χ1) is 8.65. The Kier molecular flexibility index (Phi) is 4.04. The summed E-state index contributed by atoms with van der Waals surface area (Å²) in [7, 11) is 0. The van der Waals surface area contributed by atoms with E-state index in [0.717, 1.165) is 11.4 Å². The van der Waals surface area contributed by atoms with E-state index in [0.29, 0.717) is 11.0 Å². The number of hydrogen-bond acceptors (Lipinski definition) is 4. The Morgan fingerprint density at radius 3 is 2.72 bits per heavy atom. The molecular formula is C13H15N3OS. The van der Waals surface area contributed by atoms with Gasteiger partial charge in [-0.2, -0.15) is 0 Å². The molecule has 0 bridgehead atoms. The Hall–Kier alpha value is -1.75. The number of hydrogen-bond donors (Lipinski definition) is 1. The van der Waals surface area contributed by atoms with Gasteiger partial charge in [0.2, 0.25) is 11.0 Å². The number of amides is 1. The number of carbonyl (C=O) groups is 1. The molecule has 5 heteroatoms. The average molecular weight is 261 g/mol. The van der Waals surface area contributed by atoms with Crippen molar-refractivity contribution in [3.8, 4) is 0 Å². The van der Waals surface area contributed by atoms with Crippen LogP contribution in [0.25, 0.3) is 0 Å². The van der Waals surface area contributed by atoms with Crippen molar-refractivity contribution in [3.05, 3.63) is 40.9 Å². The average Bonchev–Trinajstić information content (AvgIpc) is 2.76. The largest absolute Gasteiger partial charge is 0.301 e. The minimum Gasteiger partial charge on any atom is -0.301 e. The van der Waals surface area contributed by atoms with Gasteiger partial charge >= 0.3 is 0 Å². The second-order valence-corrected chi connectivity index (χ2v) is 5.26. The van der Waals surface area contributed by atoms with Crippen LogP contribution in [-0.2, 0) is 11.2 Å². The van der Waals surface area contributed by atoms with Gasteiger partial charge in [0.15, 0.2) is 0 Å². The van der Waals surface area contributed by atoms with Gasteiger partial charge in [0.25, 0.3) is 0 Å². The van der Waals surface area contributed by atoms with E-state index in [1.807, 2.05) is 18.2 Å². The highest BCUT2D eigenvalue weighted by molar-refractivity contribution is 7.15. The Bertz CT molecular complexity index is 524. The minimum atomic E-state index is -0.117. The van der Waals surface area contributed by atoms with E-state index < -0.39 is 0 Å². The van der Waals surface area contributed by atoms with Crippen LogP contribution in [0.4, 0.5) is 5.13 Å². The summed E-state index contributed by atoms with van der Waals surface area (Å²) in [6, 6.07) is 10.3. The monoisotopic (exact) mass is 261 g/mol. The van der Waals surface area contributed by atoms with Gasteiger partial charge in [-0.1, -0.05) is 48.6 Å². The lowest BCUT2D eigenvalue weighted by Crippen LogP contribution is -2.04. The lowest BCUT2D eigenvalue weighted by atomic mass is 9.98. The molecule has 0 fully saturated rings. The van der Waals surface area contributed by atoms with E-state index in [9.17, 15) is 4.79 Å². The predicted molar refractivity (Wildman–Crippen MR) is 72.8 cm³/mol. The van der Waals surface area contributed by atoms with Gasteiger partial charge in [-0.15, -0.1) is 10.2 Å². The molecule has 1 atom stereocenters. The van der Waals surface area contributed by atoms with Gasteiger partial charge in [0, 0.05) is 13.3 Å². The van der Waals surface area contributed by atoms with Crippen LogP contribution in [0.5, 0.6) is 0 Å². The predicted octanol–water partition coefficient (Wildman–Crippen LogP) is 2.84. The van der Waals surface area contributed by atoms with Crippen LogP contribution in [0.1, 0.15) is 30.3 Å². The quantitative estimate of drug-likeness (QED) is 0.920. The summed E-state index contributed by atoms with van der Waals surface area (Å²) in [5.41, 5.74) is 1.29. The van der Waals surface area contributed by atoms with Gasteiger partial charge < -0.3 is 5.32 Å². The third-order valence-electron chi connectivity index (χ3n) is 2.60. The Morgan fingerprint density at radius 2 is 2.06 bits per heavy atom. The van der Waals surface area contributed by atoms with Crippen molar-refractivity contribution in [2.45, 2.75) is 26.2 Å². The Labute approximate surface area is 110 Å². The molecule has 1 unspecified atom stereocenters. The van der Waals surface area contributed by atoms with Gasteiger partial charge in [0.05, 0.1) is 0 Å². The lowest BCUT2D eigenvalue weighted by Gasteiger charge is -2.08. The van der Waals surface area contributed by atoms with Gasteiger partial charge in [-0.05, 0) is 11.5 Å². The molecular weight excluding hydrogens is 246 g/mol. The highest BCUT2D eigenvalue weighted by atomic mass is 32.1. The maximum atomic E-state index is 10.9. The van der Waals surface area contributed by atoms with Crippen molar-refractivity contribution in [2.75, 3.05) is 5.32 Å². The molecule has 1 N–H and O–H groups in total. The van der Waals surface area contributed by atoms with Crippen LogP contribution in [0.2, 0.25) is 0 Å². The van der Waals surface area contributed by atoms with E-state index in [2.05, 4.69) is 34.6 Å². The number of anilines is 1. The number of nitrogens with zero attached hydrogens (tertiary/aromatic N) is 2. The molecule has 0 aliphatic heterocycles. The maximum Gasteiger partial charge on any atom is 0.223 e. The van der Waals surface area contributed by atoms with E-state index in [1.54, 1.807) is 0 Å². The SMILES string of the molecule is CC(=O)Nc1nnc(CC(C)c2ccccc2)s1. The first-order valence-electron chi connectivity index (χ1n) is 5.80. The zero-order valence-corrected chi connectivity index (χ0v) is 11.2. The molecule has 0 aliphatic rings. The van der Waals surface area contributed by atoms with Crippen molar-refractivity contribution < 1.29 is 4.79 Å². The molecule has 0 saturated heterocycles. The summed E-state index contributed by atoms with van der Waals surface area (Å²) >= 11 is 1.43. The molecule has 2 rings (SSSR count). The number of carbonyl (C=O) groups excluding carboxylic acids is 1. The lowest BCUT2D eigenvalue weighted by molar-refractivity contribution is -0.114. The minimum absolute atomic E-state index is 0.117. The topological polar surface area (TPSA) is 54.9 Å². The summed E-state index contributed by atoms with van der Waals surface area (Å²) in [6.07, 6.45) is 0.835. The number of benzene rings is 1. The summed E-state index contributed by atoms with van der Waals surface area (Å²) in [5, 5.41) is 12.2. The number of rotatable bonds is 4. The van der Waals surface area contributed by atoms with Crippen LogP contribution in [-0.4, -0.2) is 16.1 Å². The number of aromatic nitrogens is 2.